The Morgan fingerprint density at radius 2 is 0.960 bits per heavy atom. The highest BCUT2D eigenvalue weighted by Crippen LogP contribution is 2.42. The van der Waals surface area contributed by atoms with Crippen molar-refractivity contribution in [3.05, 3.63) is 169 Å². The molecule has 0 radical (unpaired) electrons. The van der Waals surface area contributed by atoms with Crippen LogP contribution in [0.1, 0.15) is 38.4 Å². The lowest BCUT2D eigenvalue weighted by molar-refractivity contribution is 0.669. The van der Waals surface area contributed by atoms with Crippen molar-refractivity contribution in [3.8, 4) is 51.0 Å². The van der Waals surface area contributed by atoms with Gasteiger partial charge in [-0.1, -0.05) is 133 Å². The number of furan rings is 1. The van der Waals surface area contributed by atoms with E-state index >= 15 is 0 Å². The third-order valence-electron chi connectivity index (χ3n) is 7.55. The van der Waals surface area contributed by atoms with E-state index in [4.69, 9.17) is 34.6 Å². The maximum absolute atomic E-state index is 9.61. The van der Waals surface area contributed by atoms with Crippen LogP contribution >= 0.6 is 0 Å². The number of para-hydroxylation sites is 3. The van der Waals surface area contributed by atoms with Gasteiger partial charge in [0.1, 0.15) is 11.2 Å². The maximum Gasteiger partial charge on any atom is 0.164 e. The fourth-order valence-electron chi connectivity index (χ4n) is 5.48. The van der Waals surface area contributed by atoms with Gasteiger partial charge in [0, 0.05) is 43.8 Å². The van der Waals surface area contributed by atoms with Crippen LogP contribution in [-0.4, -0.2) is 19.5 Å². The minimum absolute atomic E-state index is 0.504. The van der Waals surface area contributed by atoms with E-state index in [1.54, 1.807) is 0 Å². The molecular weight excluding hydrogens is 613 g/mol. The van der Waals surface area contributed by atoms with Gasteiger partial charge in [0.25, 0.3) is 0 Å². The Hall–Kier alpha value is -6.85. The lowest BCUT2D eigenvalue weighted by Gasteiger charge is -2.14. The summed E-state index contributed by atoms with van der Waals surface area (Å²) in [5.74, 6) is -2.44. The average molecular weight is 669 g/mol. The molecule has 3 aromatic heterocycles. The Morgan fingerprint density at radius 1 is 0.420 bits per heavy atom. The van der Waals surface area contributed by atoms with E-state index in [9.17, 15) is 8.22 Å². The summed E-state index contributed by atoms with van der Waals surface area (Å²) in [7, 11) is 0. The molecule has 0 bridgehead atoms. The van der Waals surface area contributed by atoms with Gasteiger partial charge in [0.05, 0.1) is 55.1 Å². The van der Waals surface area contributed by atoms with Crippen molar-refractivity contribution in [2.45, 2.75) is 0 Å². The highest BCUT2D eigenvalue weighted by atomic mass is 16.3. The predicted molar refractivity (Wildman–Crippen MR) is 203 cm³/mol. The smallest absolute Gasteiger partial charge is 0.164 e. The maximum atomic E-state index is 9.61. The van der Waals surface area contributed by atoms with Crippen molar-refractivity contribution in [3.63, 3.8) is 0 Å². The zero-order valence-electron chi connectivity index (χ0n) is 52.7. The Labute approximate surface area is 327 Å². The normalized spacial score (nSPS) is 19.4. The van der Waals surface area contributed by atoms with E-state index in [0.717, 1.165) is 4.57 Å². The van der Waals surface area contributed by atoms with Crippen molar-refractivity contribution in [1.29, 1.82) is 0 Å². The van der Waals surface area contributed by atoms with Crippen molar-refractivity contribution in [1.82, 2.24) is 19.5 Å². The predicted octanol–water partition coefficient (Wildman–Crippen LogP) is 11.5. The molecule has 10 rings (SSSR count). The third-order valence-corrected chi connectivity index (χ3v) is 7.55. The molecule has 5 nitrogen and oxygen atoms in total. The second-order valence-electron chi connectivity index (χ2n) is 10.3. The highest BCUT2D eigenvalue weighted by Gasteiger charge is 2.20. The van der Waals surface area contributed by atoms with E-state index in [0.29, 0.717) is 0 Å². The molecule has 50 heavy (non-hydrogen) atoms. The SMILES string of the molecule is [2H]c1c([2H])c([2H])c(-c2nc(-c3c([2H])c([2H])c([2H])c([2H])c3[2H])nc(-c3c([2H])c([2H])c4c(oc5c([2H])c([2H])c([2H])c(-c6c([2H])c([2H])c([2H])c([2H])c6-n6c7c([2H])c([2H])c([2H])c([2H])c7c7c([2H])c([2H])c([2H])c([2H])c76)c54)c3[2H])n2)c([2H])c1[2H]. The fourth-order valence-corrected chi connectivity index (χ4v) is 5.48. The van der Waals surface area contributed by atoms with Crippen LogP contribution in [0, 0.1) is 0 Å². The highest BCUT2D eigenvalue weighted by molar-refractivity contribution is 6.15. The molecule has 0 fully saturated rings. The molecule has 3 heterocycles. The van der Waals surface area contributed by atoms with Crippen LogP contribution in [0.25, 0.3) is 94.7 Å². The minimum atomic E-state index is -1.03. The standard InChI is InChI=1S/C45H28N4O/c1-3-14-29(15-4-1)43-46-44(30-16-5-2-6-17-30)48-45(47-43)31-26-27-36-41(28-31)50-40-25-13-21-35(42(36)40)34-20-9-12-24-39(34)49-37-22-10-7-18-32(37)33-19-8-11-23-38(33)49/h1-28H/i1D,2D,3D,4D,5D,6D,7D,8D,9D,10D,11D,12D,13D,14D,15D,16D,17D,18D,19D,20D,21D,22D,23D,24D,25D,26D,27D,28D. The average Bonchev–Trinajstić information content (AvgIpc) is 4.22. The number of aromatic nitrogens is 4. The summed E-state index contributed by atoms with van der Waals surface area (Å²) in [6.07, 6.45) is 0. The zero-order chi connectivity index (χ0) is 57.4. The van der Waals surface area contributed by atoms with Crippen LogP contribution < -0.4 is 0 Å². The monoisotopic (exact) mass is 668 g/mol. The van der Waals surface area contributed by atoms with Crippen molar-refractivity contribution in [2.75, 3.05) is 0 Å². The molecule has 5 heteroatoms. The number of rotatable bonds is 5. The van der Waals surface area contributed by atoms with Gasteiger partial charge in [-0.05, 0) is 41.8 Å². The van der Waals surface area contributed by atoms with Gasteiger partial charge in [-0.3, -0.25) is 0 Å². The summed E-state index contributed by atoms with van der Waals surface area (Å²) < 4.78 is 254. The lowest BCUT2D eigenvalue weighted by Crippen LogP contribution is -2.00. The van der Waals surface area contributed by atoms with Gasteiger partial charge in [0.2, 0.25) is 0 Å². The summed E-state index contributed by atoms with van der Waals surface area (Å²) in [4.78, 5) is 12.7. The number of hydrogen-bond acceptors (Lipinski definition) is 4. The van der Waals surface area contributed by atoms with E-state index in [1.165, 1.54) is 0 Å². The molecule has 0 spiro atoms. The van der Waals surface area contributed by atoms with E-state index in [2.05, 4.69) is 15.0 Å². The molecule has 0 atom stereocenters. The minimum Gasteiger partial charge on any atom is -0.456 e. The molecular formula is C45H28N4O. The number of fused-ring (bicyclic) bond motifs is 6. The second-order valence-corrected chi connectivity index (χ2v) is 10.3. The lowest BCUT2D eigenvalue weighted by atomic mass is 9.97. The van der Waals surface area contributed by atoms with Gasteiger partial charge in [0.15, 0.2) is 17.5 Å². The third kappa shape index (κ3) is 4.52. The van der Waals surface area contributed by atoms with Gasteiger partial charge in [-0.15, -0.1) is 0 Å². The van der Waals surface area contributed by atoms with Gasteiger partial charge in [-0.25, -0.2) is 15.0 Å². The van der Waals surface area contributed by atoms with Crippen LogP contribution in [0.4, 0.5) is 0 Å². The number of benzene rings is 7. The topological polar surface area (TPSA) is 56.7 Å². The summed E-state index contributed by atoms with van der Waals surface area (Å²) in [5.41, 5.74) is -7.30. The molecule has 0 N–H and O–H groups in total. The molecule has 0 aliphatic heterocycles. The van der Waals surface area contributed by atoms with Crippen LogP contribution in [0.3, 0.4) is 0 Å². The van der Waals surface area contributed by atoms with Gasteiger partial charge < -0.3 is 8.98 Å². The molecule has 0 aliphatic carbocycles. The largest absolute Gasteiger partial charge is 0.456 e. The summed E-state index contributed by atoms with van der Waals surface area (Å²) in [5, 5.41) is -2.25. The first-order valence-corrected chi connectivity index (χ1v) is 14.4. The van der Waals surface area contributed by atoms with Crippen molar-refractivity contribution in [2.24, 2.45) is 0 Å². The van der Waals surface area contributed by atoms with Crippen LogP contribution in [0.2, 0.25) is 0 Å². The van der Waals surface area contributed by atoms with Crippen molar-refractivity contribution < 1.29 is 42.8 Å². The van der Waals surface area contributed by atoms with Gasteiger partial charge >= 0.3 is 0 Å². The van der Waals surface area contributed by atoms with E-state index in [1.807, 2.05) is 0 Å². The van der Waals surface area contributed by atoms with E-state index in [-0.39, 0.29) is 0 Å². The molecule has 0 saturated heterocycles. The first-order chi connectivity index (χ1) is 36.4. The van der Waals surface area contributed by atoms with Gasteiger partial charge in [-0.2, -0.15) is 0 Å². The molecule has 7 aromatic carbocycles. The number of nitrogens with zero attached hydrogens (tertiary/aromatic N) is 4. The molecule has 10 aromatic rings. The summed E-state index contributed by atoms with van der Waals surface area (Å²) >= 11 is 0. The van der Waals surface area contributed by atoms with E-state index < -0.39 is 264 Å². The number of hydrogen-bond donors (Lipinski definition) is 0. The first kappa shape index (κ1) is 11.9. The molecule has 234 valence electrons. The summed E-state index contributed by atoms with van der Waals surface area (Å²) in [6, 6.07) is -25.5. The Morgan fingerprint density at radius 3 is 1.62 bits per heavy atom. The first-order valence-electron chi connectivity index (χ1n) is 28.4. The Bertz CT molecular complexity index is 4270. The molecule has 0 aliphatic rings. The Balaban J connectivity index is 1.39. The quantitative estimate of drug-likeness (QED) is 0.183. The summed E-state index contributed by atoms with van der Waals surface area (Å²) in [6.45, 7) is 0. The fraction of sp³-hybridized carbons (Fsp3) is 0. The molecule has 0 saturated carbocycles. The van der Waals surface area contributed by atoms with Crippen molar-refractivity contribution >= 4 is 43.7 Å². The van der Waals surface area contributed by atoms with Crippen LogP contribution in [0.5, 0.6) is 0 Å². The second kappa shape index (κ2) is 11.4. The van der Waals surface area contributed by atoms with Crippen LogP contribution in [-0.2, 0) is 0 Å². The van der Waals surface area contributed by atoms with Crippen LogP contribution in [0.15, 0.2) is 174 Å². The Kier molecular flexibility index (Phi) is 2.72. The zero-order valence-corrected chi connectivity index (χ0v) is 24.7. The molecule has 0 unspecified atom stereocenters. The molecule has 0 amide bonds.